The Labute approximate surface area is 115 Å². The predicted molar refractivity (Wildman–Crippen MR) is 74.3 cm³/mol. The second-order valence-corrected chi connectivity index (χ2v) is 6.05. The Morgan fingerprint density at radius 2 is 1.89 bits per heavy atom. The number of aromatic amines is 1. The Morgan fingerprint density at radius 1 is 1.28 bits per heavy atom. The highest BCUT2D eigenvalue weighted by molar-refractivity contribution is 7.73. The van der Waals surface area contributed by atoms with Gasteiger partial charge in [-0.15, -0.1) is 11.3 Å². The van der Waals surface area contributed by atoms with E-state index in [1.54, 1.807) is 21.1 Å². The fourth-order valence-corrected chi connectivity index (χ4v) is 2.59. The first-order valence-electron chi connectivity index (χ1n) is 5.44. The molecule has 0 saturated heterocycles. The molecule has 0 radical (unpaired) electrons. The summed E-state index contributed by atoms with van der Waals surface area (Å²) in [4.78, 5) is 30.3. The zero-order valence-electron chi connectivity index (χ0n) is 10.9. The topological polar surface area (TPSA) is 56.4 Å². The van der Waals surface area contributed by atoms with E-state index in [2.05, 4.69) is 4.98 Å². The third-order valence-corrected chi connectivity index (χ3v) is 3.87. The fraction of sp³-hybridized carbons (Fsp3) is 0.545. The maximum Gasteiger partial charge on any atom is 0.241 e. The summed E-state index contributed by atoms with van der Waals surface area (Å²) in [6, 6.07) is 0. The average Bonchev–Trinajstić information content (AvgIpc) is 2.56. The highest BCUT2D eigenvalue weighted by Crippen LogP contribution is 2.15. The number of thiazole rings is 1. The third-order valence-electron chi connectivity index (χ3n) is 2.53. The highest BCUT2D eigenvalue weighted by atomic mass is 32.1. The Kier molecular flexibility index (Phi) is 5.03. The highest BCUT2D eigenvalue weighted by Gasteiger charge is 2.16. The minimum Gasteiger partial charge on any atom is -0.347 e. The molecule has 0 atom stereocenters. The van der Waals surface area contributed by atoms with Crippen LogP contribution in [0, 0.1) is 10.9 Å². The second-order valence-electron chi connectivity index (χ2n) is 4.28. The third kappa shape index (κ3) is 3.92. The fourth-order valence-electron chi connectivity index (χ4n) is 1.31. The van der Waals surface area contributed by atoms with E-state index in [1.807, 2.05) is 6.92 Å². The lowest BCUT2D eigenvalue weighted by atomic mass is 10.3. The van der Waals surface area contributed by atoms with Crippen LogP contribution in [0.15, 0.2) is 0 Å². The van der Waals surface area contributed by atoms with Crippen molar-refractivity contribution in [1.29, 1.82) is 0 Å². The van der Waals surface area contributed by atoms with Crippen molar-refractivity contribution in [1.82, 2.24) is 14.8 Å². The lowest BCUT2D eigenvalue weighted by molar-refractivity contribution is -0.137. The van der Waals surface area contributed by atoms with Gasteiger partial charge in [-0.3, -0.25) is 9.59 Å². The van der Waals surface area contributed by atoms with Crippen LogP contribution in [0.2, 0.25) is 0 Å². The van der Waals surface area contributed by atoms with E-state index >= 15 is 0 Å². The number of aromatic nitrogens is 1. The minimum atomic E-state index is -0.0933. The molecule has 1 N–H and O–H groups in total. The lowest BCUT2D eigenvalue weighted by Crippen LogP contribution is -2.38. The van der Waals surface area contributed by atoms with Crippen LogP contribution < -0.4 is 0 Å². The molecule has 0 spiro atoms. The van der Waals surface area contributed by atoms with Gasteiger partial charge in [0.2, 0.25) is 11.8 Å². The summed E-state index contributed by atoms with van der Waals surface area (Å²) < 4.78 is 0.669. The van der Waals surface area contributed by atoms with E-state index in [-0.39, 0.29) is 24.8 Å². The molecule has 1 heterocycles. The number of amides is 2. The maximum absolute atomic E-state index is 11.9. The minimum absolute atomic E-state index is 0.0847. The molecule has 1 aromatic rings. The van der Waals surface area contributed by atoms with E-state index in [0.717, 1.165) is 10.6 Å². The summed E-state index contributed by atoms with van der Waals surface area (Å²) in [5, 5.41) is 0. The van der Waals surface area contributed by atoms with Crippen molar-refractivity contribution in [2.75, 3.05) is 27.7 Å². The standard InChI is InChI=1S/C11H17N3O2S2/c1-7-8(18-11(17)12-7)5-9(15)14(4)6-10(16)13(2)3/h5-6H2,1-4H3,(H,12,17). The zero-order chi connectivity index (χ0) is 13.9. The summed E-state index contributed by atoms with van der Waals surface area (Å²) in [5.41, 5.74) is 0.922. The van der Waals surface area contributed by atoms with Crippen molar-refractivity contribution in [2.45, 2.75) is 13.3 Å². The van der Waals surface area contributed by atoms with Gasteiger partial charge in [0.25, 0.3) is 0 Å². The van der Waals surface area contributed by atoms with Gasteiger partial charge in [-0.25, -0.2) is 0 Å². The average molecular weight is 287 g/mol. The van der Waals surface area contributed by atoms with E-state index in [1.165, 1.54) is 21.1 Å². The number of H-pyrrole nitrogens is 1. The van der Waals surface area contributed by atoms with Gasteiger partial charge in [-0.2, -0.15) is 0 Å². The first-order chi connectivity index (χ1) is 8.31. The number of aryl methyl sites for hydroxylation is 1. The molecule has 0 saturated carbocycles. The number of nitrogens with zero attached hydrogens (tertiary/aromatic N) is 2. The molecule has 100 valence electrons. The Balaban J connectivity index is 2.63. The number of likely N-dealkylation sites (N-methyl/N-ethyl adjacent to an activating group) is 2. The van der Waals surface area contributed by atoms with Gasteiger partial charge in [0.1, 0.15) is 0 Å². The zero-order valence-corrected chi connectivity index (χ0v) is 12.6. The SMILES string of the molecule is Cc1[nH]c(=S)sc1CC(=O)N(C)CC(=O)N(C)C. The number of hydrogen-bond acceptors (Lipinski definition) is 4. The quantitative estimate of drug-likeness (QED) is 0.847. The normalized spacial score (nSPS) is 10.2. The molecule has 1 rings (SSSR count). The Morgan fingerprint density at radius 3 is 2.33 bits per heavy atom. The van der Waals surface area contributed by atoms with Crippen LogP contribution in [0.5, 0.6) is 0 Å². The summed E-state index contributed by atoms with van der Waals surface area (Å²) in [7, 11) is 4.97. The molecule has 0 aliphatic carbocycles. The summed E-state index contributed by atoms with van der Waals surface area (Å²) in [6.07, 6.45) is 0.279. The number of nitrogens with one attached hydrogen (secondary N) is 1. The first kappa shape index (κ1) is 14.8. The summed E-state index contributed by atoms with van der Waals surface area (Å²) in [5.74, 6) is -0.178. The van der Waals surface area contributed by atoms with Crippen LogP contribution in [0.4, 0.5) is 0 Å². The number of hydrogen-bond donors (Lipinski definition) is 1. The molecule has 0 aromatic carbocycles. The predicted octanol–water partition coefficient (Wildman–Crippen LogP) is 1.20. The Hall–Kier alpha value is -1.21. The maximum atomic E-state index is 11.9. The number of carbonyl (C=O) groups is 2. The van der Waals surface area contributed by atoms with Crippen molar-refractivity contribution in [2.24, 2.45) is 0 Å². The van der Waals surface area contributed by atoms with Gasteiger partial charge in [0.15, 0.2) is 3.95 Å². The van der Waals surface area contributed by atoms with Crippen LogP contribution in [-0.4, -0.2) is 54.3 Å². The molecule has 1 aromatic heterocycles. The molecular formula is C11H17N3O2S2. The molecule has 7 heteroatoms. The molecule has 2 amide bonds. The first-order valence-corrected chi connectivity index (χ1v) is 6.66. The van der Waals surface area contributed by atoms with E-state index < -0.39 is 0 Å². The van der Waals surface area contributed by atoms with Crippen molar-refractivity contribution in [3.8, 4) is 0 Å². The van der Waals surface area contributed by atoms with Crippen LogP contribution in [0.1, 0.15) is 10.6 Å². The van der Waals surface area contributed by atoms with Crippen LogP contribution in [0.3, 0.4) is 0 Å². The Bertz CT molecular complexity index is 505. The van der Waals surface area contributed by atoms with E-state index in [0.29, 0.717) is 3.95 Å². The molecule has 18 heavy (non-hydrogen) atoms. The molecule has 0 bridgehead atoms. The summed E-state index contributed by atoms with van der Waals surface area (Å²) >= 11 is 6.42. The van der Waals surface area contributed by atoms with Crippen LogP contribution >= 0.6 is 23.6 Å². The van der Waals surface area contributed by atoms with Crippen molar-refractivity contribution in [3.05, 3.63) is 14.5 Å². The van der Waals surface area contributed by atoms with Gasteiger partial charge in [-0.05, 0) is 19.1 Å². The monoisotopic (exact) mass is 287 g/mol. The summed E-state index contributed by atoms with van der Waals surface area (Å²) in [6.45, 7) is 1.99. The molecule has 0 aliphatic heterocycles. The van der Waals surface area contributed by atoms with Crippen molar-refractivity contribution < 1.29 is 9.59 Å². The lowest BCUT2D eigenvalue weighted by Gasteiger charge is -2.19. The van der Waals surface area contributed by atoms with Crippen LogP contribution in [0.25, 0.3) is 0 Å². The molecular weight excluding hydrogens is 270 g/mol. The van der Waals surface area contributed by atoms with Crippen molar-refractivity contribution in [3.63, 3.8) is 0 Å². The number of rotatable bonds is 4. The van der Waals surface area contributed by atoms with Gasteiger partial charge >= 0.3 is 0 Å². The molecule has 0 unspecified atom stereocenters. The second kappa shape index (κ2) is 6.10. The van der Waals surface area contributed by atoms with Crippen molar-refractivity contribution >= 4 is 35.4 Å². The molecule has 0 aliphatic rings. The van der Waals surface area contributed by atoms with Gasteiger partial charge in [-0.1, -0.05) is 0 Å². The largest absolute Gasteiger partial charge is 0.347 e. The van der Waals surface area contributed by atoms with Gasteiger partial charge in [0, 0.05) is 31.7 Å². The smallest absolute Gasteiger partial charge is 0.241 e. The van der Waals surface area contributed by atoms with Gasteiger partial charge in [0.05, 0.1) is 13.0 Å². The van der Waals surface area contributed by atoms with E-state index in [4.69, 9.17) is 12.2 Å². The molecule has 5 nitrogen and oxygen atoms in total. The molecule has 0 fully saturated rings. The van der Waals surface area contributed by atoms with Crippen LogP contribution in [-0.2, 0) is 16.0 Å². The van der Waals surface area contributed by atoms with Gasteiger partial charge < -0.3 is 14.8 Å². The number of carbonyl (C=O) groups excluding carboxylic acids is 2. The van der Waals surface area contributed by atoms with E-state index in [9.17, 15) is 9.59 Å².